The number of benzene rings is 1. The summed E-state index contributed by atoms with van der Waals surface area (Å²) >= 11 is 0. The molecule has 0 aromatic heterocycles. The second kappa shape index (κ2) is 8.03. The van der Waals surface area contributed by atoms with Crippen LogP contribution in [-0.4, -0.2) is 67.2 Å². The predicted octanol–water partition coefficient (Wildman–Crippen LogP) is 1.92. The van der Waals surface area contributed by atoms with E-state index in [1.54, 1.807) is 0 Å². The van der Waals surface area contributed by atoms with Gasteiger partial charge >= 0.3 is 6.18 Å². The molecule has 0 bridgehead atoms. The van der Waals surface area contributed by atoms with Crippen LogP contribution >= 0.6 is 0 Å². The molecule has 168 valence electrons. The van der Waals surface area contributed by atoms with E-state index in [1.807, 2.05) is 17.1 Å². The number of carbonyl (C=O) groups excluding carboxylic acids is 2. The summed E-state index contributed by atoms with van der Waals surface area (Å²) in [5.74, 6) is -1.03. The lowest BCUT2D eigenvalue weighted by atomic mass is 9.85. The van der Waals surface area contributed by atoms with Crippen LogP contribution in [0.4, 0.5) is 13.2 Å². The van der Waals surface area contributed by atoms with Crippen LogP contribution in [0.5, 0.6) is 0 Å². The van der Waals surface area contributed by atoms with Crippen LogP contribution in [0.3, 0.4) is 0 Å². The highest BCUT2D eigenvalue weighted by molar-refractivity contribution is 7.89. The molecule has 0 N–H and O–H groups in total. The molecule has 0 saturated carbocycles. The van der Waals surface area contributed by atoms with Gasteiger partial charge in [0.1, 0.15) is 0 Å². The Morgan fingerprint density at radius 1 is 0.935 bits per heavy atom. The van der Waals surface area contributed by atoms with E-state index in [-0.39, 0.29) is 56.5 Å². The highest BCUT2D eigenvalue weighted by Gasteiger charge is 2.47. The van der Waals surface area contributed by atoms with Crippen LogP contribution in [0, 0.1) is 11.8 Å². The van der Waals surface area contributed by atoms with Crippen LogP contribution < -0.4 is 0 Å². The number of fused-ring (bicyclic) bond motifs is 1. The van der Waals surface area contributed by atoms with Gasteiger partial charge in [-0.05, 0) is 31.0 Å². The number of piperazine rings is 1. The van der Waals surface area contributed by atoms with Gasteiger partial charge in [0, 0.05) is 26.2 Å². The van der Waals surface area contributed by atoms with Gasteiger partial charge in [-0.2, -0.15) is 17.5 Å². The number of alkyl halides is 3. The minimum absolute atomic E-state index is 0.0587. The number of rotatable bonds is 4. The van der Waals surface area contributed by atoms with Crippen LogP contribution in [0.15, 0.2) is 41.3 Å². The van der Waals surface area contributed by atoms with E-state index in [2.05, 4.69) is 0 Å². The monoisotopic (exact) mass is 457 g/mol. The number of nitrogens with zero attached hydrogens (tertiary/aromatic N) is 3. The number of amides is 2. The summed E-state index contributed by atoms with van der Waals surface area (Å²) in [5, 5.41) is 0. The van der Waals surface area contributed by atoms with Crippen molar-refractivity contribution in [2.24, 2.45) is 11.8 Å². The van der Waals surface area contributed by atoms with E-state index >= 15 is 0 Å². The van der Waals surface area contributed by atoms with E-state index in [9.17, 15) is 31.2 Å². The maximum absolute atomic E-state index is 12.9. The first kappa shape index (κ1) is 22.0. The third-order valence-corrected chi connectivity index (χ3v) is 7.97. The molecule has 2 aliphatic heterocycles. The molecule has 2 heterocycles. The van der Waals surface area contributed by atoms with Crippen molar-refractivity contribution in [2.45, 2.75) is 23.9 Å². The van der Waals surface area contributed by atoms with Crippen molar-refractivity contribution >= 4 is 21.8 Å². The molecule has 4 rings (SSSR count). The van der Waals surface area contributed by atoms with Gasteiger partial charge in [0.2, 0.25) is 21.8 Å². The molecule has 1 aromatic carbocycles. The third-order valence-electron chi connectivity index (χ3n) is 6.07. The van der Waals surface area contributed by atoms with Gasteiger partial charge in [-0.3, -0.25) is 19.4 Å². The van der Waals surface area contributed by atoms with Crippen LogP contribution in [0.25, 0.3) is 0 Å². The van der Waals surface area contributed by atoms with Crippen molar-refractivity contribution in [3.8, 4) is 0 Å². The SMILES string of the molecule is O=C1[C@H]2CC=CC[C@H]2C(=O)N1CN1CCN(S(=O)(=O)c2cccc(C(F)(F)F)c2)CC1. The van der Waals surface area contributed by atoms with Crippen molar-refractivity contribution in [1.29, 1.82) is 0 Å². The molecular formula is C20H22F3N3O4S. The number of sulfonamides is 1. The normalized spacial score (nSPS) is 25.8. The smallest absolute Gasteiger partial charge is 0.283 e. The van der Waals surface area contributed by atoms with Gasteiger partial charge in [0.15, 0.2) is 0 Å². The van der Waals surface area contributed by atoms with Crippen LogP contribution in [-0.2, 0) is 25.8 Å². The fourth-order valence-corrected chi connectivity index (χ4v) is 5.77. The Morgan fingerprint density at radius 3 is 2.06 bits per heavy atom. The summed E-state index contributed by atoms with van der Waals surface area (Å²) in [5.41, 5.74) is -1.02. The first-order valence-electron chi connectivity index (χ1n) is 9.99. The Morgan fingerprint density at radius 2 is 1.52 bits per heavy atom. The Kier molecular flexibility index (Phi) is 5.69. The Hall–Kier alpha value is -2.24. The van der Waals surface area contributed by atoms with E-state index in [0.717, 1.165) is 22.5 Å². The van der Waals surface area contributed by atoms with Crippen molar-refractivity contribution in [1.82, 2.24) is 14.1 Å². The Balaban J connectivity index is 1.40. The van der Waals surface area contributed by atoms with Gasteiger partial charge in [0.25, 0.3) is 0 Å². The molecular weight excluding hydrogens is 435 g/mol. The van der Waals surface area contributed by atoms with E-state index in [1.165, 1.54) is 4.90 Å². The second-order valence-electron chi connectivity index (χ2n) is 7.95. The predicted molar refractivity (Wildman–Crippen MR) is 104 cm³/mol. The lowest BCUT2D eigenvalue weighted by Crippen LogP contribution is -2.52. The number of allylic oxidation sites excluding steroid dienone is 2. The van der Waals surface area contributed by atoms with Crippen LogP contribution in [0.1, 0.15) is 18.4 Å². The van der Waals surface area contributed by atoms with Gasteiger partial charge in [-0.1, -0.05) is 18.2 Å². The lowest BCUT2D eigenvalue weighted by Gasteiger charge is -2.35. The van der Waals surface area contributed by atoms with Gasteiger partial charge in [0.05, 0.1) is 29.0 Å². The largest absolute Gasteiger partial charge is 0.416 e. The summed E-state index contributed by atoms with van der Waals surface area (Å²) < 4.78 is 65.6. The molecule has 0 unspecified atom stereocenters. The number of imide groups is 1. The molecule has 31 heavy (non-hydrogen) atoms. The first-order chi connectivity index (χ1) is 14.6. The van der Waals surface area contributed by atoms with Crippen LogP contribution in [0.2, 0.25) is 0 Å². The molecule has 1 aromatic rings. The number of hydrogen-bond acceptors (Lipinski definition) is 5. The average Bonchev–Trinajstić information content (AvgIpc) is 2.99. The third kappa shape index (κ3) is 4.13. The number of halogens is 3. The van der Waals surface area contributed by atoms with Crippen molar-refractivity contribution in [3.05, 3.63) is 42.0 Å². The molecule has 3 aliphatic rings. The number of hydrogen-bond donors (Lipinski definition) is 0. The Labute approximate surface area is 178 Å². The number of carbonyl (C=O) groups is 2. The molecule has 11 heteroatoms. The van der Waals surface area contributed by atoms with E-state index in [4.69, 9.17) is 0 Å². The maximum Gasteiger partial charge on any atom is 0.416 e. The second-order valence-corrected chi connectivity index (χ2v) is 9.89. The van der Waals surface area contributed by atoms with E-state index < -0.39 is 26.7 Å². The lowest BCUT2D eigenvalue weighted by molar-refractivity contribution is -0.143. The quantitative estimate of drug-likeness (QED) is 0.510. The molecule has 2 saturated heterocycles. The summed E-state index contributed by atoms with van der Waals surface area (Å²) in [7, 11) is -4.08. The van der Waals surface area contributed by atoms with Crippen molar-refractivity contribution < 1.29 is 31.2 Å². The van der Waals surface area contributed by atoms with Crippen molar-refractivity contribution in [2.75, 3.05) is 32.8 Å². The van der Waals surface area contributed by atoms with Gasteiger partial charge in [-0.15, -0.1) is 0 Å². The van der Waals surface area contributed by atoms with Gasteiger partial charge in [-0.25, -0.2) is 8.42 Å². The zero-order valence-corrected chi connectivity index (χ0v) is 17.4. The molecule has 2 atom stereocenters. The molecule has 0 spiro atoms. The fourth-order valence-electron chi connectivity index (χ4n) is 4.30. The average molecular weight is 457 g/mol. The zero-order chi connectivity index (χ0) is 22.4. The highest BCUT2D eigenvalue weighted by atomic mass is 32.2. The Bertz CT molecular complexity index is 991. The summed E-state index contributed by atoms with van der Waals surface area (Å²) in [6.07, 6.45) is 0.287. The summed E-state index contributed by atoms with van der Waals surface area (Å²) in [6, 6.07) is 3.69. The van der Waals surface area contributed by atoms with E-state index in [0.29, 0.717) is 18.9 Å². The molecule has 1 aliphatic carbocycles. The zero-order valence-electron chi connectivity index (χ0n) is 16.6. The minimum Gasteiger partial charge on any atom is -0.283 e. The number of likely N-dealkylation sites (tertiary alicyclic amines) is 1. The summed E-state index contributed by atoms with van der Waals surface area (Å²) in [6.45, 7) is 0.750. The molecule has 2 fully saturated rings. The first-order valence-corrected chi connectivity index (χ1v) is 11.4. The minimum atomic E-state index is -4.63. The standard InChI is InChI=1S/C20H22F3N3O4S/c21-20(22,23)14-4-3-5-15(12-14)31(29,30)25-10-8-24(9-11-25)13-26-18(27)16-6-1-2-7-17(16)19(26)28/h1-5,12,16-17H,6-11,13H2/t16-,17+. The van der Waals surface area contributed by atoms with Gasteiger partial charge < -0.3 is 0 Å². The summed E-state index contributed by atoms with van der Waals surface area (Å²) in [4.78, 5) is 27.8. The highest BCUT2D eigenvalue weighted by Crippen LogP contribution is 2.35. The van der Waals surface area contributed by atoms with Crippen molar-refractivity contribution in [3.63, 3.8) is 0 Å². The molecule has 7 nitrogen and oxygen atoms in total. The fraction of sp³-hybridized carbons (Fsp3) is 0.500. The topological polar surface area (TPSA) is 78.0 Å². The molecule has 0 radical (unpaired) electrons. The molecule has 2 amide bonds. The maximum atomic E-state index is 12.9.